The number of benzene rings is 3. The van der Waals surface area contributed by atoms with E-state index in [2.05, 4.69) is 10.1 Å². The number of hydrogen-bond acceptors (Lipinski definition) is 5. The van der Waals surface area contributed by atoms with E-state index in [4.69, 9.17) is 4.74 Å². The maximum Gasteiger partial charge on any atom is 0.416 e. The van der Waals surface area contributed by atoms with Gasteiger partial charge in [0, 0.05) is 18.2 Å². The summed E-state index contributed by atoms with van der Waals surface area (Å²) in [5.74, 6) is -0.735. The van der Waals surface area contributed by atoms with Crippen LogP contribution in [0.1, 0.15) is 35.3 Å². The molecule has 0 radical (unpaired) electrons. The second-order valence-corrected chi connectivity index (χ2v) is 8.14. The van der Waals surface area contributed by atoms with Crippen molar-refractivity contribution < 1.29 is 32.5 Å². The predicted octanol–water partition coefficient (Wildman–Crippen LogP) is 5.31. The Labute approximate surface area is 202 Å². The lowest BCUT2D eigenvalue weighted by molar-refractivity contribution is -0.141. The average molecular weight is 488 g/mol. The summed E-state index contributed by atoms with van der Waals surface area (Å²) < 4.78 is 51.1. The fourth-order valence-electron chi connectivity index (χ4n) is 3.90. The Morgan fingerprint density at radius 3 is 2.26 bits per heavy atom. The zero-order chi connectivity index (χ0) is 25.6. The molecule has 8 heteroatoms. The molecule has 3 rings (SSSR count). The van der Waals surface area contributed by atoms with Crippen molar-refractivity contribution in [1.29, 1.82) is 0 Å². The van der Waals surface area contributed by atoms with Gasteiger partial charge in [0.25, 0.3) is 0 Å². The number of nitrogens with one attached hydrogen (secondary N) is 1. The molecule has 0 saturated heterocycles. The van der Waals surface area contributed by atoms with Crippen LogP contribution in [0.5, 0.6) is 5.75 Å². The topological polar surface area (TPSA) is 67.8 Å². The minimum absolute atomic E-state index is 0.0377. The van der Waals surface area contributed by atoms with Crippen LogP contribution < -0.4 is 10.1 Å². The first-order valence-electron chi connectivity index (χ1n) is 11.0. The number of carbonyl (C=O) groups is 1. The molecular weight excluding hydrogens is 459 g/mol. The molecule has 0 aromatic heterocycles. The highest BCUT2D eigenvalue weighted by Gasteiger charge is 2.35. The fraction of sp³-hybridized carbons (Fsp3) is 0.296. The minimum atomic E-state index is -4.67. The Kier molecular flexibility index (Phi) is 8.53. The van der Waals surface area contributed by atoms with Crippen LogP contribution >= 0.6 is 0 Å². The van der Waals surface area contributed by atoms with E-state index in [0.717, 1.165) is 24.3 Å². The zero-order valence-corrected chi connectivity index (χ0v) is 19.7. The first kappa shape index (κ1) is 26.2. The minimum Gasteiger partial charge on any atom is -0.496 e. The standard InChI is InChI=1S/C27H28F3NO4/c1-17(26(33)18-9-5-4-6-10-18)31-16-19-11-7-8-12-21(19)22-13-20(14-25(32)35-3)23(27(28,29)30)15-24(22)34-2/h4-13,15,17,26,31,33H,14,16H2,1-3H3. The van der Waals surface area contributed by atoms with Gasteiger partial charge < -0.3 is 19.9 Å². The van der Waals surface area contributed by atoms with Crippen molar-refractivity contribution >= 4 is 5.97 Å². The van der Waals surface area contributed by atoms with Crippen LogP contribution in [0.2, 0.25) is 0 Å². The maximum atomic E-state index is 13.7. The van der Waals surface area contributed by atoms with Crippen molar-refractivity contribution in [2.75, 3.05) is 14.2 Å². The maximum absolute atomic E-state index is 13.7. The van der Waals surface area contributed by atoms with E-state index in [-0.39, 0.29) is 17.4 Å². The number of rotatable bonds is 9. The lowest BCUT2D eigenvalue weighted by atomic mass is 9.93. The van der Waals surface area contributed by atoms with E-state index in [1.54, 1.807) is 12.1 Å². The van der Waals surface area contributed by atoms with Crippen LogP contribution in [0.3, 0.4) is 0 Å². The van der Waals surface area contributed by atoms with Gasteiger partial charge in [0.1, 0.15) is 5.75 Å². The molecule has 2 atom stereocenters. The third-order valence-corrected chi connectivity index (χ3v) is 5.83. The molecule has 2 N–H and O–H groups in total. The number of aliphatic hydroxyl groups excluding tert-OH is 1. The molecule has 0 aliphatic carbocycles. The van der Waals surface area contributed by atoms with Crippen molar-refractivity contribution in [2.45, 2.75) is 38.2 Å². The summed E-state index contributed by atoms with van der Waals surface area (Å²) in [6.45, 7) is 2.20. The van der Waals surface area contributed by atoms with Crippen LogP contribution in [-0.4, -0.2) is 31.3 Å². The summed E-state index contributed by atoms with van der Waals surface area (Å²) >= 11 is 0. The third kappa shape index (κ3) is 6.41. The number of methoxy groups -OCH3 is 2. The van der Waals surface area contributed by atoms with Gasteiger partial charge in [-0.25, -0.2) is 0 Å². The number of aliphatic hydroxyl groups is 1. The quantitative estimate of drug-likeness (QED) is 0.401. The summed E-state index contributed by atoms with van der Waals surface area (Å²) in [6.07, 6.45) is -5.93. The Bertz CT molecular complexity index is 1150. The van der Waals surface area contributed by atoms with Crippen LogP contribution in [0, 0.1) is 0 Å². The monoisotopic (exact) mass is 487 g/mol. The largest absolute Gasteiger partial charge is 0.496 e. The average Bonchev–Trinajstić information content (AvgIpc) is 2.86. The van der Waals surface area contributed by atoms with Gasteiger partial charge in [-0.15, -0.1) is 0 Å². The van der Waals surface area contributed by atoms with Crippen molar-refractivity contribution in [3.8, 4) is 16.9 Å². The number of ether oxygens (including phenoxy) is 2. The molecule has 35 heavy (non-hydrogen) atoms. The van der Waals surface area contributed by atoms with Gasteiger partial charge in [-0.05, 0) is 41.3 Å². The molecular formula is C27H28F3NO4. The van der Waals surface area contributed by atoms with Gasteiger partial charge in [0.15, 0.2) is 0 Å². The number of carbonyl (C=O) groups excluding carboxylic acids is 1. The summed E-state index contributed by atoms with van der Waals surface area (Å²) in [6, 6.07) is 18.4. The summed E-state index contributed by atoms with van der Waals surface area (Å²) in [7, 11) is 2.43. The lowest BCUT2D eigenvalue weighted by Crippen LogP contribution is -2.31. The molecule has 0 heterocycles. The number of hydrogen-bond donors (Lipinski definition) is 2. The Balaban J connectivity index is 1.96. The first-order chi connectivity index (χ1) is 16.7. The summed E-state index contributed by atoms with van der Waals surface area (Å²) in [4.78, 5) is 11.8. The van der Waals surface area contributed by atoms with Crippen molar-refractivity contribution in [3.63, 3.8) is 0 Å². The highest BCUT2D eigenvalue weighted by atomic mass is 19.4. The molecule has 0 spiro atoms. The normalized spacial score (nSPS) is 13.2. The first-order valence-corrected chi connectivity index (χ1v) is 11.0. The number of halogens is 3. The van der Waals surface area contributed by atoms with Crippen LogP contribution in [0.4, 0.5) is 13.2 Å². The van der Waals surface area contributed by atoms with Crippen molar-refractivity contribution in [2.24, 2.45) is 0 Å². The van der Waals surface area contributed by atoms with Gasteiger partial charge in [-0.1, -0.05) is 54.6 Å². The molecule has 0 bridgehead atoms. The molecule has 5 nitrogen and oxygen atoms in total. The number of esters is 1. The van der Waals surface area contributed by atoms with E-state index in [0.29, 0.717) is 17.7 Å². The van der Waals surface area contributed by atoms with Crippen LogP contribution in [-0.2, 0) is 28.7 Å². The Morgan fingerprint density at radius 2 is 1.63 bits per heavy atom. The molecule has 2 unspecified atom stereocenters. The molecule has 0 saturated carbocycles. The Morgan fingerprint density at radius 1 is 0.971 bits per heavy atom. The highest BCUT2D eigenvalue weighted by molar-refractivity contribution is 5.78. The van der Waals surface area contributed by atoms with Crippen molar-refractivity contribution in [3.05, 3.63) is 89.0 Å². The van der Waals surface area contributed by atoms with Gasteiger partial charge in [0.05, 0.1) is 32.3 Å². The van der Waals surface area contributed by atoms with Crippen molar-refractivity contribution in [1.82, 2.24) is 5.32 Å². The third-order valence-electron chi connectivity index (χ3n) is 5.83. The second kappa shape index (κ2) is 11.4. The molecule has 0 aliphatic heterocycles. The number of alkyl halides is 3. The highest BCUT2D eigenvalue weighted by Crippen LogP contribution is 2.41. The summed E-state index contributed by atoms with van der Waals surface area (Å²) in [5.41, 5.74) is 1.50. The molecule has 3 aromatic rings. The Hall–Kier alpha value is -3.36. The smallest absolute Gasteiger partial charge is 0.416 e. The predicted molar refractivity (Wildman–Crippen MR) is 127 cm³/mol. The molecule has 0 amide bonds. The van der Waals surface area contributed by atoms with E-state index in [1.165, 1.54) is 13.2 Å². The van der Waals surface area contributed by atoms with E-state index >= 15 is 0 Å². The molecule has 186 valence electrons. The van der Waals surface area contributed by atoms with Gasteiger partial charge in [0.2, 0.25) is 0 Å². The van der Waals surface area contributed by atoms with E-state index < -0.39 is 30.2 Å². The second-order valence-electron chi connectivity index (χ2n) is 8.14. The van der Waals surface area contributed by atoms with Crippen LogP contribution in [0.15, 0.2) is 66.7 Å². The SMILES string of the molecule is COC(=O)Cc1cc(-c2ccccc2CNC(C)C(O)c2ccccc2)c(OC)cc1C(F)(F)F. The van der Waals surface area contributed by atoms with Gasteiger partial charge in [-0.3, -0.25) is 4.79 Å². The van der Waals surface area contributed by atoms with E-state index in [9.17, 15) is 23.1 Å². The zero-order valence-electron chi connectivity index (χ0n) is 19.7. The summed E-state index contributed by atoms with van der Waals surface area (Å²) in [5, 5.41) is 13.9. The molecule has 0 fully saturated rings. The lowest BCUT2D eigenvalue weighted by Gasteiger charge is -2.22. The van der Waals surface area contributed by atoms with Gasteiger partial charge >= 0.3 is 12.1 Å². The fourth-order valence-corrected chi connectivity index (χ4v) is 3.90. The van der Waals surface area contributed by atoms with Gasteiger partial charge in [-0.2, -0.15) is 13.2 Å². The molecule has 3 aromatic carbocycles. The van der Waals surface area contributed by atoms with Crippen LogP contribution in [0.25, 0.3) is 11.1 Å². The molecule has 0 aliphatic rings. The van der Waals surface area contributed by atoms with E-state index in [1.807, 2.05) is 49.4 Å².